The topological polar surface area (TPSA) is 85.8 Å². The molecular weight excluding hydrogens is 435 g/mol. The van der Waals surface area contributed by atoms with Crippen LogP contribution in [-0.4, -0.2) is 57.6 Å². The molecule has 0 unspecified atom stereocenters. The smallest absolute Gasteiger partial charge is 0.407 e. The molecule has 0 saturated carbocycles. The van der Waals surface area contributed by atoms with Crippen molar-refractivity contribution in [1.29, 1.82) is 0 Å². The summed E-state index contributed by atoms with van der Waals surface area (Å²) in [5.74, 6) is -0.556. The van der Waals surface area contributed by atoms with Crippen molar-refractivity contribution < 1.29 is 19.1 Å². The molecule has 2 amide bonds. The number of hydrogen-bond donors (Lipinski definition) is 2. The van der Waals surface area contributed by atoms with Gasteiger partial charge in [0.05, 0.1) is 17.0 Å². The minimum atomic E-state index is -0.872. The van der Waals surface area contributed by atoms with Gasteiger partial charge in [0.1, 0.15) is 5.82 Å². The highest BCUT2D eigenvalue weighted by molar-refractivity contribution is 6.05. The van der Waals surface area contributed by atoms with Crippen molar-refractivity contribution in [3.05, 3.63) is 83.3 Å². The van der Waals surface area contributed by atoms with E-state index in [0.717, 1.165) is 17.7 Å². The second-order valence-corrected chi connectivity index (χ2v) is 8.55. The molecule has 4 rings (SSSR count). The largest absolute Gasteiger partial charge is 0.465 e. The van der Waals surface area contributed by atoms with Crippen LogP contribution in [0.3, 0.4) is 0 Å². The molecule has 1 aliphatic heterocycles. The van der Waals surface area contributed by atoms with E-state index < -0.39 is 6.09 Å². The summed E-state index contributed by atoms with van der Waals surface area (Å²) in [7, 11) is 0. The zero-order chi connectivity index (χ0) is 24.2. The van der Waals surface area contributed by atoms with E-state index in [9.17, 15) is 19.1 Å². The molecule has 0 spiro atoms. The lowest BCUT2D eigenvalue weighted by molar-refractivity contribution is 0.0711. The molecule has 0 radical (unpaired) electrons. The predicted octanol–water partition coefficient (Wildman–Crippen LogP) is 4.63. The van der Waals surface area contributed by atoms with E-state index in [2.05, 4.69) is 15.2 Å². The van der Waals surface area contributed by atoms with Crippen molar-refractivity contribution in [3.8, 4) is 11.3 Å². The number of halogens is 1. The fourth-order valence-electron chi connectivity index (χ4n) is 4.19. The zero-order valence-electron chi connectivity index (χ0n) is 19.2. The van der Waals surface area contributed by atoms with E-state index >= 15 is 0 Å². The molecule has 3 aromatic rings. The highest BCUT2D eigenvalue weighted by Crippen LogP contribution is 2.21. The molecule has 1 aromatic heterocycles. The van der Waals surface area contributed by atoms with Gasteiger partial charge in [0, 0.05) is 43.5 Å². The van der Waals surface area contributed by atoms with E-state index in [-0.39, 0.29) is 17.8 Å². The summed E-state index contributed by atoms with van der Waals surface area (Å²) in [5, 5.41) is 12.1. The van der Waals surface area contributed by atoms with Gasteiger partial charge >= 0.3 is 6.09 Å². The standard InChI is InChI=1S/C26H27FN4O3/c1-17-15-30(13-14-31(17)26(33)34)16-19-3-9-22(10-4-19)29-25(32)23-11-12-24(28-18(23)2)20-5-7-21(27)8-6-20/h3-12,17H,13-16H2,1-2H3,(H,29,32)(H,33,34)/t17-/m0/s1. The van der Waals surface area contributed by atoms with Crippen molar-refractivity contribution in [2.45, 2.75) is 26.4 Å². The van der Waals surface area contributed by atoms with Gasteiger partial charge in [-0.15, -0.1) is 0 Å². The average molecular weight is 463 g/mol. The van der Waals surface area contributed by atoms with Crippen LogP contribution in [-0.2, 0) is 6.54 Å². The maximum atomic E-state index is 13.2. The van der Waals surface area contributed by atoms with Crippen LogP contribution in [0.5, 0.6) is 0 Å². The molecule has 0 aliphatic carbocycles. The average Bonchev–Trinajstić information content (AvgIpc) is 2.80. The van der Waals surface area contributed by atoms with Crippen LogP contribution in [0.15, 0.2) is 60.7 Å². The Labute approximate surface area is 197 Å². The third-order valence-electron chi connectivity index (χ3n) is 6.05. The Morgan fingerprint density at radius 2 is 1.76 bits per heavy atom. The number of carbonyl (C=O) groups is 2. The Hall–Kier alpha value is -3.78. The number of pyridine rings is 1. The predicted molar refractivity (Wildman–Crippen MR) is 128 cm³/mol. The molecule has 2 heterocycles. The van der Waals surface area contributed by atoms with Crippen molar-refractivity contribution >= 4 is 17.7 Å². The normalized spacial score (nSPS) is 16.3. The first kappa shape index (κ1) is 23.4. The van der Waals surface area contributed by atoms with Crippen molar-refractivity contribution in [2.24, 2.45) is 0 Å². The van der Waals surface area contributed by atoms with Crippen LogP contribution in [0.1, 0.15) is 28.5 Å². The van der Waals surface area contributed by atoms with E-state index in [1.54, 1.807) is 31.2 Å². The van der Waals surface area contributed by atoms with E-state index in [4.69, 9.17) is 0 Å². The number of hydrogen-bond acceptors (Lipinski definition) is 4. The number of aryl methyl sites for hydroxylation is 1. The number of carboxylic acid groups (broad SMARTS) is 1. The summed E-state index contributed by atoms with van der Waals surface area (Å²) in [6.45, 7) is 6.29. The summed E-state index contributed by atoms with van der Waals surface area (Å²) in [4.78, 5) is 32.2. The van der Waals surface area contributed by atoms with Gasteiger partial charge < -0.3 is 15.3 Å². The Balaban J connectivity index is 1.36. The van der Waals surface area contributed by atoms with Gasteiger partial charge in [0.2, 0.25) is 0 Å². The first-order valence-electron chi connectivity index (χ1n) is 11.2. The second kappa shape index (κ2) is 10.0. The Morgan fingerprint density at radius 1 is 1.06 bits per heavy atom. The lowest BCUT2D eigenvalue weighted by Gasteiger charge is -2.38. The molecule has 1 atom stereocenters. The molecule has 1 aliphatic rings. The summed E-state index contributed by atoms with van der Waals surface area (Å²) in [6.07, 6.45) is -0.872. The van der Waals surface area contributed by atoms with Gasteiger partial charge in [-0.25, -0.2) is 9.18 Å². The molecule has 1 saturated heterocycles. The molecule has 2 aromatic carbocycles. The van der Waals surface area contributed by atoms with Gasteiger partial charge in [-0.2, -0.15) is 0 Å². The van der Waals surface area contributed by atoms with Gasteiger partial charge in [-0.1, -0.05) is 12.1 Å². The summed E-state index contributed by atoms with van der Waals surface area (Å²) < 4.78 is 13.2. The summed E-state index contributed by atoms with van der Waals surface area (Å²) in [6, 6.07) is 17.2. The number of benzene rings is 2. The first-order chi connectivity index (χ1) is 16.3. The van der Waals surface area contributed by atoms with Crippen molar-refractivity contribution in [2.75, 3.05) is 25.0 Å². The van der Waals surface area contributed by atoms with E-state index in [0.29, 0.717) is 42.3 Å². The van der Waals surface area contributed by atoms with Gasteiger partial charge in [-0.3, -0.25) is 14.7 Å². The number of rotatable bonds is 5. The van der Waals surface area contributed by atoms with E-state index in [1.807, 2.05) is 31.2 Å². The lowest BCUT2D eigenvalue weighted by atomic mass is 10.1. The highest BCUT2D eigenvalue weighted by atomic mass is 19.1. The number of nitrogens with one attached hydrogen (secondary N) is 1. The van der Waals surface area contributed by atoms with Crippen LogP contribution in [0.4, 0.5) is 14.9 Å². The Kier molecular flexibility index (Phi) is 6.88. The number of anilines is 1. The van der Waals surface area contributed by atoms with Gasteiger partial charge in [0.25, 0.3) is 5.91 Å². The monoisotopic (exact) mass is 462 g/mol. The minimum absolute atomic E-state index is 0.0453. The lowest BCUT2D eigenvalue weighted by Crippen LogP contribution is -2.53. The molecule has 0 bridgehead atoms. The number of piperazine rings is 1. The van der Waals surface area contributed by atoms with Crippen LogP contribution in [0.25, 0.3) is 11.3 Å². The minimum Gasteiger partial charge on any atom is -0.465 e. The number of carbonyl (C=O) groups excluding carboxylic acids is 1. The van der Waals surface area contributed by atoms with Gasteiger partial charge in [0.15, 0.2) is 0 Å². The van der Waals surface area contributed by atoms with Crippen molar-refractivity contribution in [3.63, 3.8) is 0 Å². The number of nitrogens with zero attached hydrogens (tertiary/aromatic N) is 3. The fraction of sp³-hybridized carbons (Fsp3) is 0.269. The van der Waals surface area contributed by atoms with Crippen LogP contribution < -0.4 is 5.32 Å². The number of aromatic nitrogens is 1. The second-order valence-electron chi connectivity index (χ2n) is 8.55. The Morgan fingerprint density at radius 3 is 2.38 bits per heavy atom. The van der Waals surface area contributed by atoms with Gasteiger partial charge in [-0.05, 0) is 67.9 Å². The molecular formula is C26H27FN4O3. The maximum Gasteiger partial charge on any atom is 0.407 e. The van der Waals surface area contributed by atoms with Crippen molar-refractivity contribution in [1.82, 2.24) is 14.8 Å². The van der Waals surface area contributed by atoms with Crippen LogP contribution >= 0.6 is 0 Å². The zero-order valence-corrected chi connectivity index (χ0v) is 19.2. The summed E-state index contributed by atoms with van der Waals surface area (Å²) in [5.41, 5.74) is 4.30. The Bertz CT molecular complexity index is 1180. The van der Waals surface area contributed by atoms with E-state index in [1.165, 1.54) is 17.0 Å². The summed E-state index contributed by atoms with van der Waals surface area (Å²) >= 11 is 0. The third kappa shape index (κ3) is 5.40. The molecule has 176 valence electrons. The quantitative estimate of drug-likeness (QED) is 0.577. The third-order valence-corrected chi connectivity index (χ3v) is 6.05. The molecule has 2 N–H and O–H groups in total. The van der Waals surface area contributed by atoms with Crippen LogP contribution in [0, 0.1) is 12.7 Å². The molecule has 8 heteroatoms. The first-order valence-corrected chi connectivity index (χ1v) is 11.2. The molecule has 7 nitrogen and oxygen atoms in total. The SMILES string of the molecule is Cc1nc(-c2ccc(F)cc2)ccc1C(=O)Nc1ccc(CN2CCN(C(=O)O)[C@@H](C)C2)cc1. The highest BCUT2D eigenvalue weighted by Gasteiger charge is 2.26. The van der Waals surface area contributed by atoms with Crippen LogP contribution in [0.2, 0.25) is 0 Å². The molecule has 1 fully saturated rings. The number of amides is 2. The fourth-order valence-corrected chi connectivity index (χ4v) is 4.19. The maximum absolute atomic E-state index is 13.2. The molecule has 34 heavy (non-hydrogen) atoms.